The molecule has 0 atom stereocenters. The number of nitrogens with zero attached hydrogens (tertiary/aromatic N) is 1. The van der Waals surface area contributed by atoms with E-state index < -0.39 is 11.7 Å². The highest BCUT2D eigenvalue weighted by molar-refractivity contribution is 9.10. The van der Waals surface area contributed by atoms with Gasteiger partial charge in [-0.1, -0.05) is 22.0 Å². The number of fused-ring (bicyclic) bond motifs is 1. The minimum atomic E-state index is -0.470. The fraction of sp³-hybridized carbons (Fsp3) is 0.176. The first-order valence-corrected chi connectivity index (χ1v) is 7.92. The molecule has 0 unspecified atom stereocenters. The van der Waals surface area contributed by atoms with Gasteiger partial charge in [-0.2, -0.15) is 0 Å². The van der Waals surface area contributed by atoms with Crippen LogP contribution in [0.3, 0.4) is 0 Å². The van der Waals surface area contributed by atoms with Crippen molar-refractivity contribution < 1.29 is 14.0 Å². The van der Waals surface area contributed by atoms with E-state index in [1.165, 1.54) is 25.1 Å². The second-order valence-corrected chi connectivity index (χ2v) is 6.26. The maximum atomic E-state index is 13.3. The number of hydrogen-bond donors (Lipinski definition) is 1. The summed E-state index contributed by atoms with van der Waals surface area (Å²) in [7, 11) is 0. The van der Waals surface area contributed by atoms with Crippen LogP contribution in [0.15, 0.2) is 40.9 Å². The van der Waals surface area contributed by atoms with Gasteiger partial charge in [0.05, 0.1) is 11.4 Å². The molecule has 0 radical (unpaired) electrons. The second-order valence-electron chi connectivity index (χ2n) is 5.35. The number of halogens is 2. The average molecular weight is 377 g/mol. The SMILES string of the molecule is CC(=O)N1CCc2cc(Br)cc(NC(=O)c3cccc(F)c3)c21. The Labute approximate surface area is 141 Å². The Hall–Kier alpha value is -2.21. The minimum absolute atomic E-state index is 0.0765. The van der Waals surface area contributed by atoms with Crippen molar-refractivity contribution in [3.63, 3.8) is 0 Å². The number of benzene rings is 2. The summed E-state index contributed by atoms with van der Waals surface area (Å²) in [5, 5.41) is 2.78. The molecule has 1 heterocycles. The third-order valence-electron chi connectivity index (χ3n) is 3.74. The Morgan fingerprint density at radius 2 is 2.04 bits per heavy atom. The van der Waals surface area contributed by atoms with Crippen LogP contribution in [-0.2, 0) is 11.2 Å². The zero-order valence-corrected chi connectivity index (χ0v) is 14.0. The standard InChI is InChI=1S/C17H14BrFN2O2/c1-10(22)21-6-5-11-7-13(18)9-15(16(11)21)20-17(23)12-3-2-4-14(19)8-12/h2-4,7-9H,5-6H2,1H3,(H,20,23). The predicted octanol–water partition coefficient (Wildman–Crippen LogP) is 3.75. The monoisotopic (exact) mass is 376 g/mol. The molecule has 6 heteroatoms. The maximum absolute atomic E-state index is 13.3. The maximum Gasteiger partial charge on any atom is 0.255 e. The van der Waals surface area contributed by atoms with Crippen molar-refractivity contribution in [3.05, 3.63) is 57.8 Å². The van der Waals surface area contributed by atoms with Gasteiger partial charge in [0.2, 0.25) is 5.91 Å². The highest BCUT2D eigenvalue weighted by Crippen LogP contribution is 2.38. The van der Waals surface area contributed by atoms with Crippen LogP contribution < -0.4 is 10.2 Å². The van der Waals surface area contributed by atoms with E-state index in [1.807, 2.05) is 6.07 Å². The number of carbonyl (C=O) groups is 2. The van der Waals surface area contributed by atoms with Crippen molar-refractivity contribution in [1.82, 2.24) is 0 Å². The van der Waals surface area contributed by atoms with Gasteiger partial charge in [-0.3, -0.25) is 9.59 Å². The van der Waals surface area contributed by atoms with Gasteiger partial charge >= 0.3 is 0 Å². The molecular weight excluding hydrogens is 363 g/mol. The molecular formula is C17H14BrFN2O2. The van der Waals surface area contributed by atoms with Crippen molar-refractivity contribution in [2.75, 3.05) is 16.8 Å². The molecule has 0 spiro atoms. The molecule has 3 rings (SSSR count). The molecule has 2 aromatic rings. The number of carbonyl (C=O) groups excluding carboxylic acids is 2. The summed E-state index contributed by atoms with van der Waals surface area (Å²) in [5.41, 5.74) is 2.47. The number of anilines is 2. The van der Waals surface area contributed by atoms with E-state index in [0.717, 1.165) is 16.5 Å². The normalized spacial score (nSPS) is 12.9. The van der Waals surface area contributed by atoms with Crippen LogP contribution in [-0.4, -0.2) is 18.4 Å². The van der Waals surface area contributed by atoms with Crippen LogP contribution in [0.1, 0.15) is 22.8 Å². The quantitative estimate of drug-likeness (QED) is 0.867. The van der Waals surface area contributed by atoms with Crippen LogP contribution in [0.25, 0.3) is 0 Å². The lowest BCUT2D eigenvalue weighted by atomic mass is 10.1. The summed E-state index contributed by atoms with van der Waals surface area (Å²) in [4.78, 5) is 25.8. The van der Waals surface area contributed by atoms with Gasteiger partial charge in [-0.25, -0.2) is 4.39 Å². The average Bonchev–Trinajstić information content (AvgIpc) is 2.91. The Bertz CT molecular complexity index is 807. The molecule has 2 aromatic carbocycles. The van der Waals surface area contributed by atoms with Gasteiger partial charge in [0.25, 0.3) is 5.91 Å². The van der Waals surface area contributed by atoms with Crippen LogP contribution in [0, 0.1) is 5.82 Å². The van der Waals surface area contributed by atoms with Crippen molar-refractivity contribution in [2.24, 2.45) is 0 Å². The van der Waals surface area contributed by atoms with Crippen LogP contribution >= 0.6 is 15.9 Å². The molecule has 0 saturated heterocycles. The Balaban J connectivity index is 1.97. The van der Waals surface area contributed by atoms with Crippen molar-refractivity contribution in [3.8, 4) is 0 Å². The van der Waals surface area contributed by atoms with Crippen LogP contribution in [0.2, 0.25) is 0 Å². The van der Waals surface area contributed by atoms with Crippen LogP contribution in [0.5, 0.6) is 0 Å². The molecule has 1 N–H and O–H groups in total. The summed E-state index contributed by atoms with van der Waals surface area (Å²) in [6.45, 7) is 2.08. The summed E-state index contributed by atoms with van der Waals surface area (Å²) in [5.74, 6) is -0.963. The first kappa shape index (κ1) is 15.7. The second kappa shape index (κ2) is 6.12. The lowest BCUT2D eigenvalue weighted by Crippen LogP contribution is -2.27. The fourth-order valence-electron chi connectivity index (χ4n) is 2.74. The van der Waals surface area contributed by atoms with Gasteiger partial charge in [0, 0.05) is 23.5 Å². The van der Waals surface area contributed by atoms with E-state index >= 15 is 0 Å². The smallest absolute Gasteiger partial charge is 0.255 e. The third kappa shape index (κ3) is 3.12. The van der Waals surface area contributed by atoms with Gasteiger partial charge < -0.3 is 10.2 Å². The molecule has 23 heavy (non-hydrogen) atoms. The molecule has 1 aliphatic heterocycles. The molecule has 4 nitrogen and oxygen atoms in total. The van der Waals surface area contributed by atoms with E-state index in [2.05, 4.69) is 21.2 Å². The lowest BCUT2D eigenvalue weighted by Gasteiger charge is -2.19. The van der Waals surface area contributed by atoms with Crippen molar-refractivity contribution in [1.29, 1.82) is 0 Å². The molecule has 2 amide bonds. The molecule has 0 aromatic heterocycles. The largest absolute Gasteiger partial charge is 0.320 e. The van der Waals surface area contributed by atoms with E-state index in [4.69, 9.17) is 0 Å². The third-order valence-corrected chi connectivity index (χ3v) is 4.20. The van der Waals surface area contributed by atoms with E-state index in [9.17, 15) is 14.0 Å². The van der Waals surface area contributed by atoms with Crippen LogP contribution in [0.4, 0.5) is 15.8 Å². The summed E-state index contributed by atoms with van der Waals surface area (Å²) < 4.78 is 14.1. The number of hydrogen-bond acceptors (Lipinski definition) is 2. The summed E-state index contributed by atoms with van der Waals surface area (Å²) in [6, 6.07) is 9.17. The molecule has 0 fully saturated rings. The Kier molecular flexibility index (Phi) is 4.17. The highest BCUT2D eigenvalue weighted by atomic mass is 79.9. The molecule has 0 aliphatic carbocycles. The fourth-order valence-corrected chi connectivity index (χ4v) is 3.25. The lowest BCUT2D eigenvalue weighted by molar-refractivity contribution is -0.116. The number of nitrogens with one attached hydrogen (secondary N) is 1. The first-order chi connectivity index (χ1) is 11.0. The zero-order chi connectivity index (χ0) is 16.6. The van der Waals surface area contributed by atoms with Gasteiger partial charge in [0.1, 0.15) is 5.82 Å². The first-order valence-electron chi connectivity index (χ1n) is 7.13. The van der Waals surface area contributed by atoms with Crippen molar-refractivity contribution >= 4 is 39.1 Å². The number of amides is 2. The van der Waals surface area contributed by atoms with E-state index in [1.54, 1.807) is 17.0 Å². The molecule has 1 aliphatic rings. The predicted molar refractivity (Wildman–Crippen MR) is 90.2 cm³/mol. The van der Waals surface area contributed by atoms with Gasteiger partial charge in [-0.15, -0.1) is 0 Å². The molecule has 118 valence electrons. The van der Waals surface area contributed by atoms with E-state index in [0.29, 0.717) is 17.9 Å². The highest BCUT2D eigenvalue weighted by Gasteiger charge is 2.26. The zero-order valence-electron chi connectivity index (χ0n) is 12.4. The summed E-state index contributed by atoms with van der Waals surface area (Å²) in [6.07, 6.45) is 0.733. The summed E-state index contributed by atoms with van der Waals surface area (Å²) >= 11 is 3.42. The molecule has 0 bridgehead atoms. The van der Waals surface area contributed by atoms with Gasteiger partial charge in [0.15, 0.2) is 0 Å². The Morgan fingerprint density at radius 3 is 2.74 bits per heavy atom. The number of rotatable bonds is 2. The minimum Gasteiger partial charge on any atom is -0.320 e. The molecule has 0 saturated carbocycles. The van der Waals surface area contributed by atoms with E-state index in [-0.39, 0.29) is 11.5 Å². The van der Waals surface area contributed by atoms with Crippen molar-refractivity contribution in [2.45, 2.75) is 13.3 Å². The topological polar surface area (TPSA) is 49.4 Å². The van der Waals surface area contributed by atoms with Gasteiger partial charge in [-0.05, 0) is 42.3 Å². The Morgan fingerprint density at radius 1 is 1.26 bits per heavy atom.